The largest absolute Gasteiger partial charge is 0.497 e. The summed E-state index contributed by atoms with van der Waals surface area (Å²) >= 11 is 0. The number of methoxy groups -OCH3 is 1. The van der Waals surface area contributed by atoms with Crippen molar-refractivity contribution in [3.8, 4) is 5.75 Å². The van der Waals surface area contributed by atoms with Crippen LogP contribution in [0.15, 0.2) is 84.9 Å². The van der Waals surface area contributed by atoms with Gasteiger partial charge in [0.25, 0.3) is 5.91 Å². The van der Waals surface area contributed by atoms with Gasteiger partial charge in [-0.05, 0) is 35.4 Å². The number of rotatable bonds is 6. The van der Waals surface area contributed by atoms with Gasteiger partial charge in [-0.3, -0.25) is 9.59 Å². The van der Waals surface area contributed by atoms with Gasteiger partial charge < -0.3 is 19.1 Å². The van der Waals surface area contributed by atoms with Crippen molar-refractivity contribution in [3.05, 3.63) is 102 Å². The molecule has 0 atom stereocenters. The van der Waals surface area contributed by atoms with E-state index in [9.17, 15) is 9.59 Å². The first-order valence-electron chi connectivity index (χ1n) is 11.9. The average molecular weight is 468 g/mol. The lowest BCUT2D eigenvalue weighted by atomic mass is 10.1. The van der Waals surface area contributed by atoms with E-state index in [0.29, 0.717) is 44.8 Å². The molecule has 0 N–H and O–H groups in total. The zero-order valence-corrected chi connectivity index (χ0v) is 19.9. The molecule has 6 heteroatoms. The molecule has 1 aliphatic heterocycles. The molecule has 0 spiro atoms. The van der Waals surface area contributed by atoms with Crippen LogP contribution < -0.4 is 4.74 Å². The number of piperazine rings is 1. The van der Waals surface area contributed by atoms with E-state index in [2.05, 4.69) is 22.8 Å². The van der Waals surface area contributed by atoms with Crippen molar-refractivity contribution in [2.24, 2.45) is 0 Å². The Bertz CT molecular complexity index is 1340. The highest BCUT2D eigenvalue weighted by molar-refractivity contribution is 5.99. The van der Waals surface area contributed by atoms with Crippen molar-refractivity contribution >= 4 is 22.7 Å². The second kappa shape index (κ2) is 10.1. The number of amides is 2. The number of hydrogen-bond acceptors (Lipinski definition) is 3. The maximum absolute atomic E-state index is 13.6. The molecule has 5 rings (SSSR count). The number of benzene rings is 3. The molecule has 2 amide bonds. The van der Waals surface area contributed by atoms with Crippen LogP contribution in [0.5, 0.6) is 5.75 Å². The summed E-state index contributed by atoms with van der Waals surface area (Å²) in [5.74, 6) is 0.831. The van der Waals surface area contributed by atoms with Crippen molar-refractivity contribution < 1.29 is 14.3 Å². The fourth-order valence-corrected chi connectivity index (χ4v) is 4.71. The first-order chi connectivity index (χ1) is 17.1. The van der Waals surface area contributed by atoms with Gasteiger partial charge in [0.1, 0.15) is 11.4 Å². The molecule has 6 nitrogen and oxygen atoms in total. The van der Waals surface area contributed by atoms with E-state index in [1.165, 1.54) is 0 Å². The number of fused-ring (bicyclic) bond motifs is 1. The third-order valence-corrected chi connectivity index (χ3v) is 6.62. The molecule has 0 radical (unpaired) electrons. The minimum Gasteiger partial charge on any atom is -0.497 e. The fraction of sp³-hybridized carbons (Fsp3) is 0.241. The van der Waals surface area contributed by atoms with Crippen LogP contribution in [0, 0.1) is 0 Å². The molecule has 1 fully saturated rings. The van der Waals surface area contributed by atoms with Crippen molar-refractivity contribution in [1.82, 2.24) is 14.4 Å². The molecule has 1 saturated heterocycles. The second-order valence-electron chi connectivity index (χ2n) is 8.86. The molecular weight excluding hydrogens is 438 g/mol. The number of aromatic nitrogens is 1. The topological polar surface area (TPSA) is 54.8 Å². The molecule has 1 aromatic heterocycles. The Balaban J connectivity index is 1.29. The maximum Gasteiger partial charge on any atom is 0.270 e. The van der Waals surface area contributed by atoms with Crippen molar-refractivity contribution in [1.29, 1.82) is 0 Å². The Morgan fingerprint density at radius 1 is 0.771 bits per heavy atom. The van der Waals surface area contributed by atoms with Gasteiger partial charge >= 0.3 is 0 Å². The van der Waals surface area contributed by atoms with Crippen LogP contribution in [-0.2, 0) is 17.8 Å². The standard InChI is InChI=1S/C29H29N3O3/c1-35-25-12-7-10-23(18-25)19-28(33)30-14-16-31(17-15-30)29(34)27-20-24-11-5-6-13-26(24)32(27)21-22-8-3-2-4-9-22/h2-13,18,20H,14-17,19,21H2,1H3. The van der Waals surface area contributed by atoms with E-state index < -0.39 is 0 Å². The summed E-state index contributed by atoms with van der Waals surface area (Å²) in [5.41, 5.74) is 3.81. The van der Waals surface area contributed by atoms with E-state index in [-0.39, 0.29) is 11.8 Å². The number of para-hydroxylation sites is 1. The molecule has 35 heavy (non-hydrogen) atoms. The van der Waals surface area contributed by atoms with Gasteiger partial charge in [-0.1, -0.05) is 60.7 Å². The van der Waals surface area contributed by atoms with Gasteiger partial charge in [0.15, 0.2) is 0 Å². The monoisotopic (exact) mass is 467 g/mol. The predicted molar refractivity (Wildman–Crippen MR) is 137 cm³/mol. The van der Waals surface area contributed by atoms with Crippen LogP contribution in [0.25, 0.3) is 10.9 Å². The maximum atomic E-state index is 13.6. The third-order valence-electron chi connectivity index (χ3n) is 6.62. The van der Waals surface area contributed by atoms with Gasteiger partial charge in [0.2, 0.25) is 5.91 Å². The van der Waals surface area contributed by atoms with E-state index in [4.69, 9.17) is 4.74 Å². The van der Waals surface area contributed by atoms with Gasteiger partial charge in [0, 0.05) is 43.6 Å². The lowest BCUT2D eigenvalue weighted by Gasteiger charge is -2.35. The molecule has 0 aliphatic carbocycles. The zero-order valence-electron chi connectivity index (χ0n) is 19.9. The SMILES string of the molecule is COc1cccc(CC(=O)N2CCN(C(=O)c3cc4ccccc4n3Cc3ccccc3)CC2)c1. The highest BCUT2D eigenvalue weighted by Gasteiger charge is 2.27. The van der Waals surface area contributed by atoms with E-state index in [1.807, 2.05) is 76.5 Å². The molecule has 0 saturated carbocycles. The number of ether oxygens (including phenoxy) is 1. The first-order valence-corrected chi connectivity index (χ1v) is 11.9. The van der Waals surface area contributed by atoms with Crippen molar-refractivity contribution in [2.45, 2.75) is 13.0 Å². The van der Waals surface area contributed by atoms with Gasteiger partial charge in [-0.2, -0.15) is 0 Å². The Hall–Kier alpha value is -4.06. The molecule has 3 aromatic carbocycles. The third kappa shape index (κ3) is 4.92. The molecular formula is C29H29N3O3. The van der Waals surface area contributed by atoms with Gasteiger partial charge in [0.05, 0.1) is 13.5 Å². The summed E-state index contributed by atoms with van der Waals surface area (Å²) in [7, 11) is 1.62. The van der Waals surface area contributed by atoms with E-state index in [1.54, 1.807) is 7.11 Å². The summed E-state index contributed by atoms with van der Waals surface area (Å²) in [6, 6.07) is 27.9. The summed E-state index contributed by atoms with van der Waals surface area (Å²) in [4.78, 5) is 30.2. The molecule has 178 valence electrons. The van der Waals surface area contributed by atoms with Crippen molar-refractivity contribution in [2.75, 3.05) is 33.3 Å². The summed E-state index contributed by atoms with van der Waals surface area (Å²) in [5, 5.41) is 1.05. The smallest absolute Gasteiger partial charge is 0.270 e. The number of hydrogen-bond donors (Lipinski definition) is 0. The predicted octanol–water partition coefficient (Wildman–Crippen LogP) is 4.23. The van der Waals surface area contributed by atoms with Gasteiger partial charge in [-0.25, -0.2) is 0 Å². The molecule has 4 aromatic rings. The van der Waals surface area contributed by atoms with Crippen LogP contribution >= 0.6 is 0 Å². The molecule has 1 aliphatic rings. The number of carbonyl (C=O) groups excluding carboxylic acids is 2. The molecule has 0 bridgehead atoms. The highest BCUT2D eigenvalue weighted by Crippen LogP contribution is 2.23. The van der Waals surface area contributed by atoms with E-state index >= 15 is 0 Å². The Kier molecular flexibility index (Phi) is 6.53. The summed E-state index contributed by atoms with van der Waals surface area (Å²) in [6.07, 6.45) is 0.330. The minimum absolute atomic E-state index is 0.0111. The van der Waals surface area contributed by atoms with Crippen LogP contribution in [0.3, 0.4) is 0 Å². The summed E-state index contributed by atoms with van der Waals surface area (Å²) < 4.78 is 7.37. The molecule has 2 heterocycles. The van der Waals surface area contributed by atoms with Crippen LogP contribution in [-0.4, -0.2) is 59.5 Å². The number of carbonyl (C=O) groups is 2. The second-order valence-corrected chi connectivity index (χ2v) is 8.86. The Labute approximate surface area is 205 Å². The van der Waals surface area contributed by atoms with Crippen LogP contribution in [0.2, 0.25) is 0 Å². The lowest BCUT2D eigenvalue weighted by Crippen LogP contribution is -2.51. The highest BCUT2D eigenvalue weighted by atomic mass is 16.5. The quantitative estimate of drug-likeness (QED) is 0.427. The molecule has 0 unspecified atom stereocenters. The number of nitrogens with zero attached hydrogens (tertiary/aromatic N) is 3. The lowest BCUT2D eigenvalue weighted by molar-refractivity contribution is -0.131. The first kappa shape index (κ1) is 22.7. The van der Waals surface area contributed by atoms with Gasteiger partial charge in [-0.15, -0.1) is 0 Å². The normalized spacial score (nSPS) is 13.7. The summed E-state index contributed by atoms with van der Waals surface area (Å²) in [6.45, 7) is 2.75. The van der Waals surface area contributed by atoms with Crippen LogP contribution in [0.1, 0.15) is 21.6 Å². The zero-order chi connectivity index (χ0) is 24.2. The van der Waals surface area contributed by atoms with E-state index in [0.717, 1.165) is 27.8 Å². The van der Waals surface area contributed by atoms with Crippen LogP contribution in [0.4, 0.5) is 0 Å². The minimum atomic E-state index is 0.0111. The van der Waals surface area contributed by atoms with Crippen molar-refractivity contribution in [3.63, 3.8) is 0 Å². The average Bonchev–Trinajstić information content (AvgIpc) is 3.27. The Morgan fingerprint density at radius 2 is 1.46 bits per heavy atom. The Morgan fingerprint density at radius 3 is 2.23 bits per heavy atom. The fourth-order valence-electron chi connectivity index (χ4n) is 4.71.